The highest BCUT2D eigenvalue weighted by atomic mass is 16.5. The van der Waals surface area contributed by atoms with Gasteiger partial charge in [0.15, 0.2) is 0 Å². The summed E-state index contributed by atoms with van der Waals surface area (Å²) in [6, 6.07) is 66.6. The van der Waals surface area contributed by atoms with Crippen molar-refractivity contribution in [1.29, 1.82) is 0 Å². The Kier molecular flexibility index (Phi) is 7.05. The van der Waals surface area contributed by atoms with Crippen molar-refractivity contribution in [2.45, 2.75) is 12.0 Å². The number of allylic oxidation sites excluding steroid dienone is 2. The van der Waals surface area contributed by atoms with Gasteiger partial charge in [-0.1, -0.05) is 127 Å². The summed E-state index contributed by atoms with van der Waals surface area (Å²) in [4.78, 5) is 0. The molecule has 3 nitrogen and oxygen atoms in total. The van der Waals surface area contributed by atoms with Crippen LogP contribution in [0.15, 0.2) is 206 Å². The minimum Gasteiger partial charge on any atom is -0.485 e. The minimum atomic E-state index is 0.0949. The number of ether oxygens (including phenoxy) is 1. The van der Waals surface area contributed by atoms with Gasteiger partial charge in [0.25, 0.3) is 0 Å². The molecule has 0 spiro atoms. The summed E-state index contributed by atoms with van der Waals surface area (Å²) in [6.45, 7) is 0. The lowest BCUT2D eigenvalue weighted by molar-refractivity contribution is 0.269. The van der Waals surface area contributed by atoms with E-state index in [2.05, 4.69) is 215 Å². The number of fused-ring (bicyclic) bond motifs is 9. The van der Waals surface area contributed by atoms with E-state index in [9.17, 15) is 0 Å². The van der Waals surface area contributed by atoms with Crippen molar-refractivity contribution in [3.8, 4) is 50.5 Å². The van der Waals surface area contributed by atoms with Gasteiger partial charge in [0.2, 0.25) is 0 Å². The highest BCUT2D eigenvalue weighted by molar-refractivity contribution is 6.12. The lowest BCUT2D eigenvalue weighted by atomic mass is 9.90. The van der Waals surface area contributed by atoms with Crippen LogP contribution in [-0.2, 0) is 0 Å². The maximum absolute atomic E-state index is 6.21. The van der Waals surface area contributed by atoms with Gasteiger partial charge >= 0.3 is 0 Å². The molecule has 0 radical (unpaired) electrons. The number of benzene rings is 8. The molecule has 2 unspecified atom stereocenters. The predicted molar refractivity (Wildman–Crippen MR) is 237 cm³/mol. The molecule has 0 amide bonds. The molecule has 268 valence electrons. The van der Waals surface area contributed by atoms with Gasteiger partial charge in [-0.15, -0.1) is 0 Å². The first-order valence-electron chi connectivity index (χ1n) is 19.7. The molecule has 8 aromatic carbocycles. The maximum atomic E-state index is 6.21. The zero-order chi connectivity index (χ0) is 37.5. The van der Waals surface area contributed by atoms with Crippen LogP contribution in [0.2, 0.25) is 0 Å². The zero-order valence-corrected chi connectivity index (χ0v) is 31.1. The highest BCUT2D eigenvalue weighted by Gasteiger charge is 2.32. The Labute approximate surface area is 330 Å². The first-order valence-corrected chi connectivity index (χ1v) is 19.7. The Morgan fingerprint density at radius 3 is 1.42 bits per heavy atom. The molecule has 0 N–H and O–H groups in total. The van der Waals surface area contributed by atoms with Gasteiger partial charge in [-0.25, -0.2) is 0 Å². The predicted octanol–water partition coefficient (Wildman–Crippen LogP) is 13.9. The van der Waals surface area contributed by atoms with Gasteiger partial charge < -0.3 is 13.9 Å². The highest BCUT2D eigenvalue weighted by Crippen LogP contribution is 2.44. The second kappa shape index (κ2) is 12.6. The summed E-state index contributed by atoms with van der Waals surface area (Å²) in [7, 11) is 0. The monoisotopic (exact) mass is 728 g/mol. The fraction of sp³-hybridized carbons (Fsp3) is 0.0370. The summed E-state index contributed by atoms with van der Waals surface area (Å²) in [6.07, 6.45) is 8.70. The maximum Gasteiger partial charge on any atom is 0.128 e. The van der Waals surface area contributed by atoms with E-state index in [-0.39, 0.29) is 12.0 Å². The summed E-state index contributed by atoms with van der Waals surface area (Å²) in [5, 5.41) is 5.00. The van der Waals surface area contributed by atoms with Gasteiger partial charge in [0.05, 0.1) is 22.1 Å². The first kappa shape index (κ1) is 31.9. The van der Waals surface area contributed by atoms with Gasteiger partial charge in [-0.3, -0.25) is 0 Å². The third kappa shape index (κ3) is 5.06. The van der Waals surface area contributed by atoms with Crippen LogP contribution < -0.4 is 4.74 Å². The molecule has 3 heteroatoms. The van der Waals surface area contributed by atoms with Crippen LogP contribution in [0.1, 0.15) is 11.5 Å². The smallest absolute Gasteiger partial charge is 0.128 e. The third-order valence-electron chi connectivity index (χ3n) is 12.1. The largest absolute Gasteiger partial charge is 0.485 e. The van der Waals surface area contributed by atoms with E-state index in [4.69, 9.17) is 4.74 Å². The first-order chi connectivity index (χ1) is 28.2. The van der Waals surface area contributed by atoms with Gasteiger partial charge in [0, 0.05) is 44.4 Å². The average Bonchev–Trinajstić information content (AvgIpc) is 3.94. The van der Waals surface area contributed by atoms with Gasteiger partial charge in [0.1, 0.15) is 11.9 Å². The molecule has 0 fully saturated rings. The number of aromatic nitrogens is 2. The quantitative estimate of drug-likeness (QED) is 0.173. The van der Waals surface area contributed by atoms with E-state index in [1.165, 1.54) is 82.6 Å². The Balaban J connectivity index is 0.920. The van der Waals surface area contributed by atoms with Crippen molar-refractivity contribution in [2.24, 2.45) is 0 Å². The number of rotatable bonds is 5. The Morgan fingerprint density at radius 2 is 0.807 bits per heavy atom. The van der Waals surface area contributed by atoms with Crippen LogP contribution in [0.25, 0.3) is 88.4 Å². The molecule has 2 atom stereocenters. The number of nitrogens with zero attached hydrogens (tertiary/aromatic N) is 2. The molecule has 2 aromatic heterocycles. The van der Waals surface area contributed by atoms with E-state index in [0.717, 1.165) is 17.1 Å². The van der Waals surface area contributed by atoms with Crippen molar-refractivity contribution in [3.63, 3.8) is 0 Å². The Bertz CT molecular complexity index is 3250. The van der Waals surface area contributed by atoms with E-state index in [1.807, 2.05) is 0 Å². The summed E-state index contributed by atoms with van der Waals surface area (Å²) in [5.41, 5.74) is 15.6. The molecule has 1 aliphatic carbocycles. The summed E-state index contributed by atoms with van der Waals surface area (Å²) < 4.78 is 11.0. The lowest BCUT2D eigenvalue weighted by Crippen LogP contribution is -2.15. The number of hydrogen-bond donors (Lipinski definition) is 0. The lowest BCUT2D eigenvalue weighted by Gasteiger charge is -2.14. The molecular formula is C54H36N2O. The normalized spacial score (nSPS) is 15.7. The van der Waals surface area contributed by atoms with Crippen LogP contribution in [-0.4, -0.2) is 15.2 Å². The molecular weight excluding hydrogens is 693 g/mol. The van der Waals surface area contributed by atoms with Crippen LogP contribution in [0, 0.1) is 0 Å². The average molecular weight is 729 g/mol. The van der Waals surface area contributed by atoms with E-state index >= 15 is 0 Å². The summed E-state index contributed by atoms with van der Waals surface area (Å²) >= 11 is 0. The van der Waals surface area contributed by atoms with Crippen LogP contribution in [0.4, 0.5) is 0 Å². The molecule has 0 saturated carbocycles. The van der Waals surface area contributed by atoms with Crippen molar-refractivity contribution in [2.75, 3.05) is 0 Å². The third-order valence-corrected chi connectivity index (χ3v) is 12.1. The molecule has 1 aliphatic heterocycles. The van der Waals surface area contributed by atoms with Crippen molar-refractivity contribution in [3.05, 3.63) is 212 Å². The number of hydrogen-bond acceptors (Lipinski definition) is 1. The summed E-state index contributed by atoms with van der Waals surface area (Å²) in [5.74, 6) is 1.26. The van der Waals surface area contributed by atoms with E-state index in [1.54, 1.807) is 0 Å². The van der Waals surface area contributed by atoms with Crippen molar-refractivity contribution in [1.82, 2.24) is 9.13 Å². The second-order valence-electron chi connectivity index (χ2n) is 15.3. The van der Waals surface area contributed by atoms with Crippen LogP contribution in [0.5, 0.6) is 5.75 Å². The molecule has 10 aromatic rings. The molecule has 3 heterocycles. The van der Waals surface area contributed by atoms with E-state index < -0.39 is 0 Å². The standard InChI is InChI=1S/C54H36N2O/c1-2-10-35(11-3-1)36-18-25-41(26-19-36)55-49-15-7-4-12-43(49)46-32-39(22-29-51(46)55)40-23-30-52-47(33-40)44-13-5-8-16-50(44)56(52)42-27-20-37(21-28-42)38-24-31-54-48(34-38)45-14-6-9-17-53(45)57-54/h1-34,45,53H. The molecule has 0 bridgehead atoms. The second-order valence-corrected chi connectivity index (χ2v) is 15.3. The SMILES string of the molecule is C1=CC2Oc3ccc(-c4ccc(-n5c6ccccc6c6cc(-c7ccc8c(c7)c7ccccc7n8-c7ccc(-c8ccccc8)cc7)ccc65)cc4)cc3C2C=C1. The van der Waals surface area contributed by atoms with Crippen LogP contribution >= 0.6 is 0 Å². The zero-order valence-electron chi connectivity index (χ0n) is 31.1. The van der Waals surface area contributed by atoms with Gasteiger partial charge in [-0.05, 0) is 112 Å². The molecule has 2 aliphatic rings. The Hall–Kier alpha value is -7.36. The fourth-order valence-corrected chi connectivity index (χ4v) is 9.32. The van der Waals surface area contributed by atoms with Crippen LogP contribution in [0.3, 0.4) is 0 Å². The Morgan fingerprint density at radius 1 is 0.351 bits per heavy atom. The topological polar surface area (TPSA) is 19.1 Å². The molecule has 12 rings (SSSR count). The molecule has 0 saturated heterocycles. The fourth-order valence-electron chi connectivity index (χ4n) is 9.32. The van der Waals surface area contributed by atoms with Crippen molar-refractivity contribution >= 4 is 43.6 Å². The molecule has 57 heavy (non-hydrogen) atoms. The van der Waals surface area contributed by atoms with Gasteiger partial charge in [-0.2, -0.15) is 0 Å². The number of para-hydroxylation sites is 2. The minimum absolute atomic E-state index is 0.0949. The van der Waals surface area contributed by atoms with Crippen molar-refractivity contribution < 1.29 is 4.74 Å². The van der Waals surface area contributed by atoms with E-state index in [0.29, 0.717) is 0 Å².